The van der Waals surface area contributed by atoms with Gasteiger partial charge in [0.15, 0.2) is 0 Å². The summed E-state index contributed by atoms with van der Waals surface area (Å²) in [5.74, 6) is 0.692. The summed E-state index contributed by atoms with van der Waals surface area (Å²) in [6.45, 7) is 6.61. The monoisotopic (exact) mass is 175 g/mol. The van der Waals surface area contributed by atoms with Crippen LogP contribution in [0.4, 0.5) is 0 Å². The van der Waals surface area contributed by atoms with Crippen molar-refractivity contribution in [3.05, 3.63) is 0 Å². The fourth-order valence-electron chi connectivity index (χ4n) is 0.993. The van der Waals surface area contributed by atoms with Gasteiger partial charge in [-0.1, -0.05) is 20.3 Å². The average Bonchev–Trinajstić information content (AvgIpc) is 2.05. The Balaban J connectivity index is 2.97. The summed E-state index contributed by atoms with van der Waals surface area (Å²) in [6, 6.07) is 0. The van der Waals surface area contributed by atoms with Gasteiger partial charge in [0.25, 0.3) is 0 Å². The number of methoxy groups -OCH3 is 1. The molecule has 0 saturated carbocycles. The normalized spacial score (nSPS) is 13.2. The largest absolute Gasteiger partial charge is 0.382 e. The van der Waals surface area contributed by atoms with Crippen LogP contribution < -0.4 is 5.48 Å². The molecule has 0 saturated heterocycles. The van der Waals surface area contributed by atoms with Gasteiger partial charge in [-0.3, -0.25) is 4.84 Å². The molecule has 1 N–H and O–H groups in total. The quantitative estimate of drug-likeness (QED) is 0.449. The van der Waals surface area contributed by atoms with Crippen LogP contribution in [0.3, 0.4) is 0 Å². The highest BCUT2D eigenvalue weighted by atomic mass is 16.7. The lowest BCUT2D eigenvalue weighted by Gasteiger charge is -2.10. The maximum absolute atomic E-state index is 5.12. The number of hydrogen-bond acceptors (Lipinski definition) is 3. The molecule has 0 bridgehead atoms. The van der Waals surface area contributed by atoms with E-state index in [0.717, 1.165) is 6.54 Å². The zero-order chi connectivity index (χ0) is 9.23. The summed E-state index contributed by atoms with van der Waals surface area (Å²) in [7, 11) is 1.67. The van der Waals surface area contributed by atoms with E-state index in [0.29, 0.717) is 19.1 Å². The van der Waals surface area contributed by atoms with E-state index in [1.807, 2.05) is 0 Å². The van der Waals surface area contributed by atoms with Crippen molar-refractivity contribution in [1.82, 2.24) is 5.48 Å². The minimum atomic E-state index is 0.620. The number of ether oxygens (including phenoxy) is 1. The van der Waals surface area contributed by atoms with Crippen molar-refractivity contribution in [3.63, 3.8) is 0 Å². The molecule has 0 aliphatic carbocycles. The van der Waals surface area contributed by atoms with Gasteiger partial charge >= 0.3 is 0 Å². The van der Waals surface area contributed by atoms with Crippen LogP contribution in [0, 0.1) is 5.92 Å². The predicted molar refractivity (Wildman–Crippen MR) is 49.9 cm³/mol. The third-order valence-corrected chi connectivity index (χ3v) is 1.70. The van der Waals surface area contributed by atoms with Gasteiger partial charge in [-0.2, -0.15) is 0 Å². The highest BCUT2D eigenvalue weighted by Crippen LogP contribution is 2.02. The molecule has 0 aromatic rings. The smallest absolute Gasteiger partial charge is 0.0915 e. The fourth-order valence-corrected chi connectivity index (χ4v) is 0.993. The van der Waals surface area contributed by atoms with Crippen LogP contribution in [0.25, 0.3) is 0 Å². The van der Waals surface area contributed by atoms with E-state index in [-0.39, 0.29) is 0 Å². The maximum atomic E-state index is 5.12. The van der Waals surface area contributed by atoms with Crippen molar-refractivity contribution in [2.24, 2.45) is 5.92 Å². The van der Waals surface area contributed by atoms with Crippen LogP contribution in [0.1, 0.15) is 26.7 Å². The van der Waals surface area contributed by atoms with Gasteiger partial charge < -0.3 is 4.74 Å². The lowest BCUT2D eigenvalue weighted by atomic mass is 10.1. The van der Waals surface area contributed by atoms with E-state index in [4.69, 9.17) is 9.57 Å². The van der Waals surface area contributed by atoms with Gasteiger partial charge in [-0.15, -0.1) is 0 Å². The molecule has 0 heterocycles. The molecule has 0 aliphatic heterocycles. The third-order valence-electron chi connectivity index (χ3n) is 1.70. The lowest BCUT2D eigenvalue weighted by molar-refractivity contribution is 0.00131. The summed E-state index contributed by atoms with van der Waals surface area (Å²) in [5.41, 5.74) is 2.92. The van der Waals surface area contributed by atoms with E-state index in [9.17, 15) is 0 Å². The molecule has 1 atom stereocenters. The van der Waals surface area contributed by atoms with Crippen molar-refractivity contribution < 1.29 is 9.57 Å². The Morgan fingerprint density at radius 2 is 2.08 bits per heavy atom. The Morgan fingerprint density at radius 1 is 1.33 bits per heavy atom. The van der Waals surface area contributed by atoms with Crippen LogP contribution in [-0.2, 0) is 9.57 Å². The number of rotatable bonds is 8. The zero-order valence-corrected chi connectivity index (χ0v) is 8.43. The molecular weight excluding hydrogens is 154 g/mol. The Bertz CT molecular complexity index is 88.6. The van der Waals surface area contributed by atoms with E-state index in [1.54, 1.807) is 7.11 Å². The molecule has 12 heavy (non-hydrogen) atoms. The Morgan fingerprint density at radius 3 is 2.67 bits per heavy atom. The van der Waals surface area contributed by atoms with Gasteiger partial charge in [0, 0.05) is 13.7 Å². The van der Waals surface area contributed by atoms with Gasteiger partial charge in [-0.05, 0) is 12.3 Å². The first-order valence-corrected chi connectivity index (χ1v) is 4.64. The second-order valence-corrected chi connectivity index (χ2v) is 3.08. The molecule has 0 radical (unpaired) electrons. The minimum Gasteiger partial charge on any atom is -0.382 e. The number of nitrogens with one attached hydrogen (secondary N) is 1. The standard InChI is InChI=1S/C9H21NO2/c1-4-5-9(2)8-10-12-7-6-11-3/h9-10H,4-8H2,1-3H3. The molecule has 0 aromatic carbocycles. The van der Waals surface area contributed by atoms with Crippen LogP contribution in [0.2, 0.25) is 0 Å². The molecular formula is C9H21NO2. The second-order valence-electron chi connectivity index (χ2n) is 3.08. The average molecular weight is 175 g/mol. The summed E-state index contributed by atoms with van der Waals surface area (Å²) in [4.78, 5) is 5.12. The molecule has 1 unspecified atom stereocenters. The summed E-state index contributed by atoms with van der Waals surface area (Å²) in [6.07, 6.45) is 2.49. The highest BCUT2D eigenvalue weighted by Gasteiger charge is 1.98. The van der Waals surface area contributed by atoms with E-state index < -0.39 is 0 Å². The second kappa shape index (κ2) is 8.97. The molecule has 0 rings (SSSR count). The zero-order valence-electron chi connectivity index (χ0n) is 8.43. The molecule has 0 amide bonds. The lowest BCUT2D eigenvalue weighted by Crippen LogP contribution is -2.23. The third kappa shape index (κ3) is 7.98. The van der Waals surface area contributed by atoms with Gasteiger partial charge in [0.1, 0.15) is 0 Å². The van der Waals surface area contributed by atoms with Crippen LogP contribution in [-0.4, -0.2) is 26.9 Å². The van der Waals surface area contributed by atoms with E-state index >= 15 is 0 Å². The Hall–Kier alpha value is -0.120. The molecule has 0 fully saturated rings. The van der Waals surface area contributed by atoms with Crippen molar-refractivity contribution in [2.45, 2.75) is 26.7 Å². The van der Waals surface area contributed by atoms with Gasteiger partial charge in [0.05, 0.1) is 13.2 Å². The minimum absolute atomic E-state index is 0.620. The molecule has 74 valence electrons. The SMILES string of the molecule is CCCC(C)CNOCCOC. The summed E-state index contributed by atoms with van der Waals surface area (Å²) in [5, 5.41) is 0. The van der Waals surface area contributed by atoms with E-state index in [1.165, 1.54) is 12.8 Å². The van der Waals surface area contributed by atoms with Crippen molar-refractivity contribution >= 4 is 0 Å². The first-order chi connectivity index (χ1) is 5.81. The Kier molecular flexibility index (Phi) is 8.88. The van der Waals surface area contributed by atoms with Crippen molar-refractivity contribution in [3.8, 4) is 0 Å². The van der Waals surface area contributed by atoms with Crippen molar-refractivity contribution in [2.75, 3.05) is 26.9 Å². The summed E-state index contributed by atoms with van der Waals surface area (Å²) >= 11 is 0. The van der Waals surface area contributed by atoms with Crippen molar-refractivity contribution in [1.29, 1.82) is 0 Å². The topological polar surface area (TPSA) is 30.5 Å². The Labute approximate surface area is 75.4 Å². The van der Waals surface area contributed by atoms with Crippen LogP contribution in [0.5, 0.6) is 0 Å². The first kappa shape index (κ1) is 11.9. The first-order valence-electron chi connectivity index (χ1n) is 4.64. The predicted octanol–water partition coefficient (Wildman–Crippen LogP) is 1.59. The molecule has 3 nitrogen and oxygen atoms in total. The van der Waals surface area contributed by atoms with Gasteiger partial charge in [-0.25, -0.2) is 5.48 Å². The van der Waals surface area contributed by atoms with E-state index in [2.05, 4.69) is 19.3 Å². The molecule has 0 aromatic heterocycles. The van der Waals surface area contributed by atoms with Crippen LogP contribution in [0.15, 0.2) is 0 Å². The van der Waals surface area contributed by atoms with Gasteiger partial charge in [0.2, 0.25) is 0 Å². The number of hydroxylamine groups is 1. The molecule has 0 spiro atoms. The maximum Gasteiger partial charge on any atom is 0.0915 e. The summed E-state index contributed by atoms with van der Waals surface area (Å²) < 4.78 is 4.83. The number of hydrogen-bond donors (Lipinski definition) is 1. The fraction of sp³-hybridized carbons (Fsp3) is 1.00. The molecule has 3 heteroatoms. The molecule has 0 aliphatic rings. The highest BCUT2D eigenvalue weighted by molar-refractivity contribution is 4.51. The van der Waals surface area contributed by atoms with Crippen LogP contribution >= 0.6 is 0 Å².